The van der Waals surface area contributed by atoms with E-state index < -0.39 is 0 Å². The molecule has 1 N–H and O–H groups in total. The third-order valence-electron chi connectivity index (χ3n) is 4.19. The Kier molecular flexibility index (Phi) is 4.82. The third kappa shape index (κ3) is 3.47. The SMILES string of the molecule is c1ccc(CCNC(c2cccs2)C2CCCC2)nc1. The maximum Gasteiger partial charge on any atom is 0.0443 e. The molecule has 0 amide bonds. The molecule has 2 aromatic heterocycles. The van der Waals surface area contributed by atoms with Crippen molar-refractivity contribution in [2.24, 2.45) is 5.92 Å². The molecule has 0 saturated heterocycles. The minimum Gasteiger partial charge on any atom is -0.309 e. The van der Waals surface area contributed by atoms with Gasteiger partial charge in [-0.3, -0.25) is 4.98 Å². The van der Waals surface area contributed by atoms with Gasteiger partial charge in [0.15, 0.2) is 0 Å². The molecule has 0 spiro atoms. The van der Waals surface area contributed by atoms with Gasteiger partial charge in [-0.05, 0) is 42.3 Å². The van der Waals surface area contributed by atoms with Gasteiger partial charge in [0.1, 0.15) is 0 Å². The van der Waals surface area contributed by atoms with Crippen LogP contribution in [0.5, 0.6) is 0 Å². The molecule has 0 aliphatic heterocycles. The molecule has 2 aromatic rings. The summed E-state index contributed by atoms with van der Waals surface area (Å²) in [6.45, 7) is 1.01. The number of aromatic nitrogens is 1. The zero-order chi connectivity index (χ0) is 13.6. The van der Waals surface area contributed by atoms with Crippen LogP contribution in [0.4, 0.5) is 0 Å². The Morgan fingerprint density at radius 2 is 2.10 bits per heavy atom. The lowest BCUT2D eigenvalue weighted by Crippen LogP contribution is -2.28. The summed E-state index contributed by atoms with van der Waals surface area (Å²) >= 11 is 1.89. The average Bonchev–Trinajstić information content (AvgIpc) is 3.18. The van der Waals surface area contributed by atoms with Crippen LogP contribution in [0, 0.1) is 5.92 Å². The second-order valence-corrected chi connectivity index (χ2v) is 6.54. The van der Waals surface area contributed by atoms with Gasteiger partial charge >= 0.3 is 0 Å². The highest BCUT2D eigenvalue weighted by Crippen LogP contribution is 2.37. The first kappa shape index (κ1) is 13.8. The molecule has 3 rings (SSSR count). The van der Waals surface area contributed by atoms with Crippen molar-refractivity contribution in [1.82, 2.24) is 10.3 Å². The lowest BCUT2D eigenvalue weighted by Gasteiger charge is -2.23. The summed E-state index contributed by atoms with van der Waals surface area (Å²) in [6, 6.07) is 11.1. The van der Waals surface area contributed by atoms with Gasteiger partial charge in [-0.1, -0.05) is 25.0 Å². The summed E-state index contributed by atoms with van der Waals surface area (Å²) in [4.78, 5) is 5.90. The van der Waals surface area contributed by atoms with Crippen LogP contribution in [0.15, 0.2) is 41.9 Å². The molecular formula is C17H22N2S. The fourth-order valence-corrected chi connectivity index (χ4v) is 4.05. The Balaban J connectivity index is 1.59. The Morgan fingerprint density at radius 3 is 2.80 bits per heavy atom. The molecule has 0 bridgehead atoms. The van der Waals surface area contributed by atoms with Crippen molar-refractivity contribution < 1.29 is 0 Å². The minimum atomic E-state index is 0.543. The zero-order valence-electron chi connectivity index (χ0n) is 11.8. The molecule has 1 aliphatic rings. The summed E-state index contributed by atoms with van der Waals surface area (Å²) in [6.07, 6.45) is 8.43. The van der Waals surface area contributed by atoms with Crippen LogP contribution >= 0.6 is 11.3 Å². The molecule has 1 atom stereocenters. The number of nitrogens with zero attached hydrogens (tertiary/aromatic N) is 1. The van der Waals surface area contributed by atoms with E-state index in [-0.39, 0.29) is 0 Å². The highest BCUT2D eigenvalue weighted by Gasteiger charge is 2.26. The number of rotatable bonds is 6. The molecule has 1 saturated carbocycles. The first-order chi connectivity index (χ1) is 9.93. The summed E-state index contributed by atoms with van der Waals surface area (Å²) in [5, 5.41) is 5.98. The van der Waals surface area contributed by atoms with Crippen molar-refractivity contribution in [3.63, 3.8) is 0 Å². The molecule has 1 unspecified atom stereocenters. The zero-order valence-corrected chi connectivity index (χ0v) is 12.6. The number of pyridine rings is 1. The Hall–Kier alpha value is -1.19. The maximum absolute atomic E-state index is 4.40. The Morgan fingerprint density at radius 1 is 1.20 bits per heavy atom. The van der Waals surface area contributed by atoms with Crippen molar-refractivity contribution in [1.29, 1.82) is 0 Å². The van der Waals surface area contributed by atoms with Crippen LogP contribution < -0.4 is 5.32 Å². The van der Waals surface area contributed by atoms with Crippen molar-refractivity contribution in [2.45, 2.75) is 38.1 Å². The van der Waals surface area contributed by atoms with Crippen LogP contribution in [-0.2, 0) is 6.42 Å². The van der Waals surface area contributed by atoms with Gasteiger partial charge in [0.05, 0.1) is 0 Å². The van der Waals surface area contributed by atoms with Crippen molar-refractivity contribution in [3.8, 4) is 0 Å². The molecule has 0 radical (unpaired) electrons. The first-order valence-electron chi connectivity index (χ1n) is 7.60. The largest absolute Gasteiger partial charge is 0.309 e. The van der Waals surface area contributed by atoms with Crippen molar-refractivity contribution in [2.75, 3.05) is 6.54 Å². The smallest absolute Gasteiger partial charge is 0.0443 e. The quantitative estimate of drug-likeness (QED) is 0.860. The first-order valence-corrected chi connectivity index (χ1v) is 8.48. The van der Waals surface area contributed by atoms with E-state index in [0.29, 0.717) is 6.04 Å². The molecule has 2 nitrogen and oxygen atoms in total. The van der Waals surface area contributed by atoms with E-state index in [2.05, 4.69) is 39.9 Å². The predicted octanol–water partition coefficient (Wildman–Crippen LogP) is 4.21. The molecule has 3 heteroatoms. The van der Waals surface area contributed by atoms with Crippen LogP contribution in [0.25, 0.3) is 0 Å². The number of hydrogen-bond acceptors (Lipinski definition) is 3. The molecule has 2 heterocycles. The molecule has 1 aliphatic carbocycles. The standard InChI is InChI=1S/C17H22N2S/c1-2-7-14(6-1)17(16-9-5-13-20-16)19-12-10-15-8-3-4-11-18-15/h3-5,8-9,11,13-14,17,19H,1-2,6-7,10,12H2. The second-order valence-electron chi connectivity index (χ2n) is 5.56. The minimum absolute atomic E-state index is 0.543. The van der Waals surface area contributed by atoms with E-state index in [0.717, 1.165) is 18.9 Å². The van der Waals surface area contributed by atoms with Gasteiger partial charge in [-0.2, -0.15) is 0 Å². The van der Waals surface area contributed by atoms with Crippen LogP contribution in [0.2, 0.25) is 0 Å². The maximum atomic E-state index is 4.40. The van der Waals surface area contributed by atoms with Crippen LogP contribution in [0.1, 0.15) is 42.3 Å². The van der Waals surface area contributed by atoms with Gasteiger partial charge < -0.3 is 5.32 Å². The summed E-state index contributed by atoms with van der Waals surface area (Å²) < 4.78 is 0. The average molecular weight is 286 g/mol. The van der Waals surface area contributed by atoms with E-state index in [4.69, 9.17) is 0 Å². The normalized spacial score (nSPS) is 17.4. The van der Waals surface area contributed by atoms with Gasteiger partial charge in [0.2, 0.25) is 0 Å². The molecule has 20 heavy (non-hydrogen) atoms. The second kappa shape index (κ2) is 7.00. The summed E-state index contributed by atoms with van der Waals surface area (Å²) in [5.74, 6) is 0.817. The third-order valence-corrected chi connectivity index (χ3v) is 5.15. The molecule has 1 fully saturated rings. The van der Waals surface area contributed by atoms with Gasteiger partial charge in [0.25, 0.3) is 0 Å². The fraction of sp³-hybridized carbons (Fsp3) is 0.471. The van der Waals surface area contributed by atoms with E-state index in [1.807, 2.05) is 23.6 Å². The van der Waals surface area contributed by atoms with Crippen molar-refractivity contribution in [3.05, 3.63) is 52.5 Å². The van der Waals surface area contributed by atoms with Crippen molar-refractivity contribution >= 4 is 11.3 Å². The Bertz CT molecular complexity index is 489. The topological polar surface area (TPSA) is 24.9 Å². The van der Waals surface area contributed by atoms with E-state index in [1.165, 1.54) is 36.3 Å². The lowest BCUT2D eigenvalue weighted by atomic mass is 9.96. The summed E-state index contributed by atoms with van der Waals surface area (Å²) in [7, 11) is 0. The molecular weight excluding hydrogens is 264 g/mol. The summed E-state index contributed by atoms with van der Waals surface area (Å²) in [5.41, 5.74) is 1.18. The van der Waals surface area contributed by atoms with Crippen LogP contribution in [-0.4, -0.2) is 11.5 Å². The number of nitrogens with one attached hydrogen (secondary N) is 1. The van der Waals surface area contributed by atoms with E-state index in [9.17, 15) is 0 Å². The Labute approximate surface area is 125 Å². The van der Waals surface area contributed by atoms with E-state index >= 15 is 0 Å². The highest BCUT2D eigenvalue weighted by molar-refractivity contribution is 7.10. The number of thiophene rings is 1. The molecule has 106 valence electrons. The highest BCUT2D eigenvalue weighted by atomic mass is 32.1. The van der Waals surface area contributed by atoms with Crippen LogP contribution in [0.3, 0.4) is 0 Å². The number of hydrogen-bond donors (Lipinski definition) is 1. The molecule has 0 aromatic carbocycles. The predicted molar refractivity (Wildman–Crippen MR) is 85.0 cm³/mol. The van der Waals surface area contributed by atoms with Gasteiger partial charge in [-0.15, -0.1) is 11.3 Å². The van der Waals surface area contributed by atoms with Gasteiger partial charge in [-0.25, -0.2) is 0 Å². The fourth-order valence-electron chi connectivity index (χ4n) is 3.16. The van der Waals surface area contributed by atoms with Gasteiger partial charge in [0, 0.05) is 35.8 Å². The lowest BCUT2D eigenvalue weighted by molar-refractivity contribution is 0.374. The monoisotopic (exact) mass is 286 g/mol. The van der Waals surface area contributed by atoms with E-state index in [1.54, 1.807) is 0 Å².